The van der Waals surface area contributed by atoms with E-state index in [1.165, 1.54) is 4.88 Å². The van der Waals surface area contributed by atoms with Crippen LogP contribution in [0.2, 0.25) is 0 Å². The highest BCUT2D eigenvalue weighted by molar-refractivity contribution is 7.16. The fourth-order valence-electron chi connectivity index (χ4n) is 2.70. The maximum absolute atomic E-state index is 12.3. The molecule has 1 saturated heterocycles. The van der Waals surface area contributed by atoms with E-state index in [0.717, 1.165) is 24.3 Å². The lowest BCUT2D eigenvalue weighted by atomic mass is 10.1. The molecule has 0 aliphatic carbocycles. The van der Waals surface area contributed by atoms with Crippen LogP contribution in [0.1, 0.15) is 24.6 Å². The van der Waals surface area contributed by atoms with Crippen molar-refractivity contribution in [2.45, 2.75) is 19.8 Å². The smallest absolute Gasteiger partial charge is 0.240 e. The summed E-state index contributed by atoms with van der Waals surface area (Å²) in [6.07, 6.45) is 0. The van der Waals surface area contributed by atoms with Gasteiger partial charge in [-0.2, -0.15) is 0 Å². The highest BCUT2D eigenvalue weighted by atomic mass is 32.1. The number of carbonyl (C=O) groups is 1. The zero-order chi connectivity index (χ0) is 16.9. The van der Waals surface area contributed by atoms with E-state index >= 15 is 0 Å². The van der Waals surface area contributed by atoms with Crippen molar-refractivity contribution in [1.29, 1.82) is 0 Å². The number of anilines is 1. The van der Waals surface area contributed by atoms with E-state index in [2.05, 4.69) is 41.2 Å². The van der Waals surface area contributed by atoms with Gasteiger partial charge in [-0.05, 0) is 5.92 Å². The number of rotatable bonds is 5. The molecule has 0 atom stereocenters. The van der Waals surface area contributed by atoms with E-state index in [4.69, 9.17) is 4.74 Å². The first-order valence-corrected chi connectivity index (χ1v) is 9.11. The summed E-state index contributed by atoms with van der Waals surface area (Å²) in [4.78, 5) is 20.3. The summed E-state index contributed by atoms with van der Waals surface area (Å²) in [5.74, 6) is 0.350. The van der Waals surface area contributed by atoms with Gasteiger partial charge in [-0.15, -0.1) is 11.3 Å². The average Bonchev–Trinajstić information content (AvgIpc) is 3.00. The molecule has 3 rings (SSSR count). The minimum atomic E-state index is -0.0134. The van der Waals surface area contributed by atoms with E-state index in [1.807, 2.05) is 18.2 Å². The Labute approximate surface area is 146 Å². The maximum atomic E-state index is 12.3. The van der Waals surface area contributed by atoms with Crippen LogP contribution in [0.15, 0.2) is 30.3 Å². The van der Waals surface area contributed by atoms with Gasteiger partial charge in [0.05, 0.1) is 25.5 Å². The van der Waals surface area contributed by atoms with Crippen molar-refractivity contribution in [2.24, 2.45) is 0 Å². The number of carbonyl (C=O) groups excluding carboxylic acids is 1. The summed E-state index contributed by atoms with van der Waals surface area (Å²) in [6, 6.07) is 10.1. The second kappa shape index (κ2) is 7.88. The number of morpholine rings is 1. The molecule has 1 aliphatic heterocycles. The molecule has 2 aromatic rings. The quantitative estimate of drug-likeness (QED) is 0.904. The summed E-state index contributed by atoms with van der Waals surface area (Å²) in [6.45, 7) is 7.69. The van der Waals surface area contributed by atoms with Gasteiger partial charge in [-0.1, -0.05) is 44.2 Å². The molecule has 1 amide bonds. The Morgan fingerprint density at radius 2 is 2.00 bits per heavy atom. The van der Waals surface area contributed by atoms with Gasteiger partial charge in [0.15, 0.2) is 5.13 Å². The van der Waals surface area contributed by atoms with Crippen molar-refractivity contribution in [3.05, 3.63) is 35.2 Å². The first kappa shape index (κ1) is 17.1. The van der Waals surface area contributed by atoms with E-state index in [-0.39, 0.29) is 5.91 Å². The fraction of sp³-hybridized carbons (Fsp3) is 0.444. The molecular formula is C18H23N3O2S. The van der Waals surface area contributed by atoms with Crippen molar-refractivity contribution >= 4 is 22.4 Å². The van der Waals surface area contributed by atoms with E-state index in [9.17, 15) is 4.79 Å². The van der Waals surface area contributed by atoms with Crippen molar-refractivity contribution in [2.75, 3.05) is 38.2 Å². The molecule has 128 valence electrons. The van der Waals surface area contributed by atoms with Crippen LogP contribution < -0.4 is 5.32 Å². The summed E-state index contributed by atoms with van der Waals surface area (Å²) in [7, 11) is 0. The Morgan fingerprint density at radius 3 is 2.67 bits per heavy atom. The van der Waals surface area contributed by atoms with Crippen LogP contribution in [0.3, 0.4) is 0 Å². The largest absolute Gasteiger partial charge is 0.379 e. The van der Waals surface area contributed by atoms with Crippen LogP contribution in [0.5, 0.6) is 0 Å². The van der Waals surface area contributed by atoms with Gasteiger partial charge in [0.1, 0.15) is 0 Å². The second-order valence-corrected chi connectivity index (χ2v) is 7.22. The SMILES string of the molecule is CC(C)c1sc(NC(=O)CN2CCOCC2)nc1-c1ccccc1. The standard InChI is InChI=1S/C18H23N3O2S/c1-13(2)17-16(14-6-4-3-5-7-14)20-18(24-17)19-15(22)12-21-8-10-23-11-9-21/h3-7,13H,8-12H2,1-2H3,(H,19,20,22). The molecular weight excluding hydrogens is 322 g/mol. The molecule has 0 spiro atoms. The lowest BCUT2D eigenvalue weighted by molar-refractivity contribution is -0.118. The fourth-order valence-corrected chi connectivity index (χ4v) is 3.71. The zero-order valence-corrected chi connectivity index (χ0v) is 14.9. The summed E-state index contributed by atoms with van der Waals surface area (Å²) < 4.78 is 5.31. The lowest BCUT2D eigenvalue weighted by Crippen LogP contribution is -2.41. The van der Waals surface area contributed by atoms with Crippen molar-refractivity contribution in [1.82, 2.24) is 9.88 Å². The molecule has 6 heteroatoms. The summed E-state index contributed by atoms with van der Waals surface area (Å²) >= 11 is 1.57. The molecule has 24 heavy (non-hydrogen) atoms. The minimum absolute atomic E-state index is 0.0134. The number of hydrogen-bond donors (Lipinski definition) is 1. The molecule has 0 unspecified atom stereocenters. The average molecular weight is 345 g/mol. The molecule has 0 bridgehead atoms. The van der Waals surface area contributed by atoms with Gasteiger partial charge >= 0.3 is 0 Å². The van der Waals surface area contributed by atoms with Crippen molar-refractivity contribution < 1.29 is 9.53 Å². The van der Waals surface area contributed by atoms with Crippen molar-refractivity contribution in [3.63, 3.8) is 0 Å². The van der Waals surface area contributed by atoms with Gasteiger partial charge in [0.2, 0.25) is 5.91 Å². The van der Waals surface area contributed by atoms with Gasteiger partial charge in [-0.3, -0.25) is 9.69 Å². The van der Waals surface area contributed by atoms with E-state index in [0.29, 0.717) is 30.8 Å². The number of hydrogen-bond acceptors (Lipinski definition) is 5. The normalized spacial score (nSPS) is 15.6. The van der Waals surface area contributed by atoms with Crippen LogP contribution in [0, 0.1) is 0 Å². The number of aromatic nitrogens is 1. The summed E-state index contributed by atoms with van der Waals surface area (Å²) in [5.41, 5.74) is 2.06. The van der Waals surface area contributed by atoms with Crippen LogP contribution >= 0.6 is 11.3 Å². The first-order chi connectivity index (χ1) is 11.6. The molecule has 1 fully saturated rings. The molecule has 0 radical (unpaired) electrons. The first-order valence-electron chi connectivity index (χ1n) is 8.29. The number of amides is 1. The van der Waals surface area contributed by atoms with Crippen molar-refractivity contribution in [3.8, 4) is 11.3 Å². The van der Waals surface area contributed by atoms with Crippen LogP contribution in [-0.2, 0) is 9.53 Å². The maximum Gasteiger partial charge on any atom is 0.240 e. The number of nitrogens with one attached hydrogen (secondary N) is 1. The minimum Gasteiger partial charge on any atom is -0.379 e. The monoisotopic (exact) mass is 345 g/mol. The predicted octanol–water partition coefficient (Wildman–Crippen LogP) is 3.20. The van der Waals surface area contributed by atoms with Crippen LogP contribution in [-0.4, -0.2) is 48.6 Å². The van der Waals surface area contributed by atoms with Crippen LogP contribution in [0.4, 0.5) is 5.13 Å². The molecule has 2 heterocycles. The Bertz CT molecular complexity index is 679. The van der Waals surface area contributed by atoms with Gasteiger partial charge in [0.25, 0.3) is 0 Å². The highest BCUT2D eigenvalue weighted by Gasteiger charge is 2.19. The molecule has 1 aliphatic rings. The van der Waals surface area contributed by atoms with Gasteiger partial charge in [0, 0.05) is 23.5 Å². The number of ether oxygens (including phenoxy) is 1. The van der Waals surface area contributed by atoms with Crippen LogP contribution in [0.25, 0.3) is 11.3 Å². The third-order valence-corrected chi connectivity index (χ3v) is 5.21. The molecule has 1 aromatic carbocycles. The Hall–Kier alpha value is -1.76. The topological polar surface area (TPSA) is 54.5 Å². The predicted molar refractivity (Wildman–Crippen MR) is 97.5 cm³/mol. The van der Waals surface area contributed by atoms with Gasteiger partial charge in [-0.25, -0.2) is 4.98 Å². The van der Waals surface area contributed by atoms with E-state index in [1.54, 1.807) is 11.3 Å². The third kappa shape index (κ3) is 4.20. The molecule has 1 N–H and O–H groups in total. The summed E-state index contributed by atoms with van der Waals surface area (Å²) in [5, 5.41) is 3.64. The number of nitrogens with zero attached hydrogens (tertiary/aromatic N) is 2. The third-order valence-electron chi connectivity index (χ3n) is 3.94. The van der Waals surface area contributed by atoms with E-state index < -0.39 is 0 Å². The molecule has 5 nitrogen and oxygen atoms in total. The molecule has 0 saturated carbocycles. The van der Waals surface area contributed by atoms with Gasteiger partial charge < -0.3 is 10.1 Å². The Kier molecular flexibility index (Phi) is 5.60. The zero-order valence-electron chi connectivity index (χ0n) is 14.1. The second-order valence-electron chi connectivity index (χ2n) is 6.19. The molecule has 1 aromatic heterocycles. The Morgan fingerprint density at radius 1 is 1.29 bits per heavy atom. The lowest BCUT2D eigenvalue weighted by Gasteiger charge is -2.25. The Balaban J connectivity index is 1.73. The highest BCUT2D eigenvalue weighted by Crippen LogP contribution is 2.36. The number of benzene rings is 1. The number of thiazole rings is 1.